The van der Waals surface area contributed by atoms with Crippen LogP contribution in [-0.4, -0.2) is 21.5 Å². The monoisotopic (exact) mass is 382 g/mol. The zero-order chi connectivity index (χ0) is 19.9. The van der Waals surface area contributed by atoms with Crippen LogP contribution in [0.3, 0.4) is 0 Å². The first-order chi connectivity index (χ1) is 14.3. The predicted molar refractivity (Wildman–Crippen MR) is 118 cm³/mol. The fraction of sp³-hybridized carbons (Fsp3) is 0.200. The Labute approximate surface area is 172 Å². The van der Waals surface area contributed by atoms with Crippen molar-refractivity contribution < 1.29 is 0 Å². The molecule has 1 aromatic heterocycles. The number of aromatic nitrogens is 3. The quantitative estimate of drug-likeness (QED) is 0.452. The summed E-state index contributed by atoms with van der Waals surface area (Å²) in [7, 11) is 0. The first-order valence-electron chi connectivity index (χ1n) is 10.1. The third-order valence-electron chi connectivity index (χ3n) is 4.90. The fourth-order valence-electron chi connectivity index (χ4n) is 3.45. The average molecular weight is 383 g/mol. The normalized spacial score (nSPS) is 10.9. The summed E-state index contributed by atoms with van der Waals surface area (Å²) in [5.74, 6) is 0. The first-order valence-corrected chi connectivity index (χ1v) is 10.1. The molecule has 0 amide bonds. The van der Waals surface area contributed by atoms with E-state index in [0.717, 1.165) is 29.9 Å². The minimum atomic E-state index is 0.672. The Hall–Kier alpha value is -3.24. The van der Waals surface area contributed by atoms with Gasteiger partial charge >= 0.3 is 0 Å². The van der Waals surface area contributed by atoms with Crippen molar-refractivity contribution in [2.75, 3.05) is 6.54 Å². The molecule has 29 heavy (non-hydrogen) atoms. The highest BCUT2D eigenvalue weighted by molar-refractivity contribution is 5.60. The van der Waals surface area contributed by atoms with Crippen molar-refractivity contribution in [3.8, 4) is 11.3 Å². The Bertz CT molecular complexity index is 1040. The van der Waals surface area contributed by atoms with E-state index >= 15 is 0 Å². The molecule has 0 atom stereocenters. The van der Waals surface area contributed by atoms with Crippen molar-refractivity contribution >= 4 is 0 Å². The maximum atomic E-state index is 4.81. The van der Waals surface area contributed by atoms with Crippen molar-refractivity contribution in [2.24, 2.45) is 0 Å². The van der Waals surface area contributed by atoms with Gasteiger partial charge in [-0.2, -0.15) is 15.0 Å². The third-order valence-corrected chi connectivity index (χ3v) is 4.90. The van der Waals surface area contributed by atoms with Crippen LogP contribution in [0.25, 0.3) is 11.3 Å². The van der Waals surface area contributed by atoms with E-state index < -0.39 is 0 Å². The van der Waals surface area contributed by atoms with Crippen molar-refractivity contribution in [2.45, 2.75) is 26.4 Å². The predicted octanol–water partition coefficient (Wildman–Crippen LogP) is 4.63. The van der Waals surface area contributed by atoms with Crippen molar-refractivity contribution in [1.82, 2.24) is 20.3 Å². The number of hydrogen-bond donors (Lipinski definition) is 1. The lowest BCUT2D eigenvalue weighted by Crippen LogP contribution is -2.17. The van der Waals surface area contributed by atoms with Crippen LogP contribution in [0.5, 0.6) is 0 Å². The zero-order valence-corrected chi connectivity index (χ0v) is 16.8. The highest BCUT2D eigenvalue weighted by Crippen LogP contribution is 2.20. The molecule has 4 rings (SSSR count). The molecular formula is C25H26N4. The standard InChI is InChI=1S/C25H26N4/c1-20-9-8-12-22(17-20)19-29-27-24(25(28-29)23-13-6-3-7-14-23)18-26-16-15-21-10-4-2-5-11-21/h2-14,17,26H,15-16,18-19H2,1H3. The molecule has 0 unspecified atom stereocenters. The van der Waals surface area contributed by atoms with Gasteiger partial charge in [0.1, 0.15) is 11.4 Å². The van der Waals surface area contributed by atoms with Gasteiger partial charge in [-0.1, -0.05) is 90.5 Å². The molecule has 1 N–H and O–H groups in total. The van der Waals surface area contributed by atoms with Crippen LogP contribution in [0.2, 0.25) is 0 Å². The molecule has 0 bridgehead atoms. The SMILES string of the molecule is Cc1cccc(Cn2nc(CNCCc3ccccc3)c(-c3ccccc3)n2)c1. The molecule has 0 saturated carbocycles. The van der Waals surface area contributed by atoms with Crippen LogP contribution >= 0.6 is 0 Å². The van der Waals surface area contributed by atoms with E-state index in [1.807, 2.05) is 23.0 Å². The van der Waals surface area contributed by atoms with Gasteiger partial charge < -0.3 is 5.32 Å². The van der Waals surface area contributed by atoms with Crippen LogP contribution < -0.4 is 5.32 Å². The van der Waals surface area contributed by atoms with Crippen molar-refractivity contribution in [3.05, 3.63) is 107 Å². The Morgan fingerprint density at radius 3 is 2.28 bits per heavy atom. The van der Waals surface area contributed by atoms with Crippen LogP contribution in [0, 0.1) is 6.92 Å². The lowest BCUT2D eigenvalue weighted by molar-refractivity contribution is 0.576. The van der Waals surface area contributed by atoms with Crippen molar-refractivity contribution in [3.63, 3.8) is 0 Å². The maximum Gasteiger partial charge on any atom is 0.117 e. The highest BCUT2D eigenvalue weighted by atomic mass is 15.5. The molecule has 1 heterocycles. The van der Waals surface area contributed by atoms with Crippen LogP contribution in [0.1, 0.15) is 22.4 Å². The Kier molecular flexibility index (Phi) is 6.13. The molecule has 0 aliphatic carbocycles. The second-order valence-corrected chi connectivity index (χ2v) is 7.29. The number of aryl methyl sites for hydroxylation is 1. The summed E-state index contributed by atoms with van der Waals surface area (Å²) in [6, 6.07) is 29.3. The number of nitrogens with zero attached hydrogens (tertiary/aromatic N) is 3. The molecule has 0 aliphatic rings. The summed E-state index contributed by atoms with van der Waals surface area (Å²) in [5.41, 5.74) is 6.83. The van der Waals surface area contributed by atoms with E-state index in [-0.39, 0.29) is 0 Å². The lowest BCUT2D eigenvalue weighted by atomic mass is 10.1. The van der Waals surface area contributed by atoms with Gasteiger partial charge in [0, 0.05) is 12.1 Å². The largest absolute Gasteiger partial charge is 0.311 e. The summed E-state index contributed by atoms with van der Waals surface area (Å²) < 4.78 is 0. The van der Waals surface area contributed by atoms with E-state index in [9.17, 15) is 0 Å². The van der Waals surface area contributed by atoms with Gasteiger partial charge in [-0.25, -0.2) is 0 Å². The van der Waals surface area contributed by atoms with Crippen LogP contribution in [-0.2, 0) is 19.5 Å². The summed E-state index contributed by atoms with van der Waals surface area (Å²) in [6.45, 7) is 4.39. The summed E-state index contributed by atoms with van der Waals surface area (Å²) in [6.07, 6.45) is 0.999. The molecule has 0 spiro atoms. The number of hydrogen-bond acceptors (Lipinski definition) is 3. The Morgan fingerprint density at radius 1 is 0.793 bits per heavy atom. The Morgan fingerprint density at radius 2 is 1.52 bits per heavy atom. The molecule has 0 radical (unpaired) electrons. The molecule has 4 aromatic rings. The number of nitrogens with one attached hydrogen (secondary N) is 1. The summed E-state index contributed by atoms with van der Waals surface area (Å²) >= 11 is 0. The summed E-state index contributed by atoms with van der Waals surface area (Å²) in [5, 5.41) is 13.1. The van der Waals surface area contributed by atoms with Gasteiger partial charge in [-0.15, -0.1) is 0 Å². The average Bonchev–Trinajstić information content (AvgIpc) is 3.15. The zero-order valence-electron chi connectivity index (χ0n) is 16.8. The third kappa shape index (κ3) is 5.18. The van der Waals surface area contributed by atoms with E-state index in [2.05, 4.69) is 79.0 Å². The molecule has 4 nitrogen and oxygen atoms in total. The first kappa shape index (κ1) is 19.1. The van der Waals surface area contributed by atoms with Gasteiger partial charge in [-0.3, -0.25) is 0 Å². The molecule has 3 aromatic carbocycles. The Balaban J connectivity index is 1.49. The van der Waals surface area contributed by atoms with E-state index in [0.29, 0.717) is 13.1 Å². The highest BCUT2D eigenvalue weighted by Gasteiger charge is 2.13. The van der Waals surface area contributed by atoms with Gasteiger partial charge in [0.25, 0.3) is 0 Å². The van der Waals surface area contributed by atoms with E-state index in [1.165, 1.54) is 16.7 Å². The van der Waals surface area contributed by atoms with Gasteiger partial charge in [0.15, 0.2) is 0 Å². The minimum absolute atomic E-state index is 0.672. The molecule has 146 valence electrons. The number of benzene rings is 3. The van der Waals surface area contributed by atoms with Gasteiger partial charge in [-0.05, 0) is 31.0 Å². The van der Waals surface area contributed by atoms with E-state index in [1.54, 1.807) is 0 Å². The maximum absolute atomic E-state index is 4.81. The fourth-order valence-corrected chi connectivity index (χ4v) is 3.45. The number of rotatable bonds is 8. The molecule has 0 saturated heterocycles. The smallest absolute Gasteiger partial charge is 0.117 e. The van der Waals surface area contributed by atoms with Gasteiger partial charge in [0.2, 0.25) is 0 Å². The summed E-state index contributed by atoms with van der Waals surface area (Å²) in [4.78, 5) is 1.81. The van der Waals surface area contributed by atoms with E-state index in [4.69, 9.17) is 10.2 Å². The second kappa shape index (κ2) is 9.30. The molecule has 0 aliphatic heterocycles. The second-order valence-electron chi connectivity index (χ2n) is 7.29. The van der Waals surface area contributed by atoms with Gasteiger partial charge in [0.05, 0.1) is 6.54 Å². The lowest BCUT2D eigenvalue weighted by Gasteiger charge is -2.04. The molecular weight excluding hydrogens is 356 g/mol. The van der Waals surface area contributed by atoms with Crippen LogP contribution in [0.15, 0.2) is 84.9 Å². The van der Waals surface area contributed by atoms with Crippen molar-refractivity contribution in [1.29, 1.82) is 0 Å². The topological polar surface area (TPSA) is 42.7 Å². The minimum Gasteiger partial charge on any atom is -0.311 e. The molecule has 0 fully saturated rings. The molecule has 4 heteroatoms. The van der Waals surface area contributed by atoms with Crippen LogP contribution in [0.4, 0.5) is 0 Å².